The van der Waals surface area contributed by atoms with E-state index in [1.165, 1.54) is 0 Å². The van der Waals surface area contributed by atoms with E-state index >= 15 is 0 Å². The number of nitrogens with zero attached hydrogens (tertiary/aromatic N) is 1. The maximum atomic E-state index is 11.3. The van der Waals surface area contributed by atoms with Gasteiger partial charge in [-0.05, 0) is 24.1 Å². The van der Waals surface area contributed by atoms with Crippen LogP contribution in [0.4, 0.5) is 0 Å². The third-order valence-corrected chi connectivity index (χ3v) is 2.61. The lowest BCUT2D eigenvalue weighted by molar-refractivity contribution is -0.121. The molecule has 4 nitrogen and oxygen atoms in total. The summed E-state index contributed by atoms with van der Waals surface area (Å²) >= 11 is 0. The zero-order chi connectivity index (χ0) is 12.8. The summed E-state index contributed by atoms with van der Waals surface area (Å²) in [6.07, 6.45) is 6.49. The molecule has 0 aromatic carbocycles. The van der Waals surface area contributed by atoms with Gasteiger partial charge in [0.1, 0.15) is 0 Å². The predicted molar refractivity (Wildman–Crippen MR) is 68.7 cm³/mol. The summed E-state index contributed by atoms with van der Waals surface area (Å²) in [7, 11) is 0. The van der Waals surface area contributed by atoms with Crippen LogP contribution in [-0.2, 0) is 11.3 Å². The van der Waals surface area contributed by atoms with Gasteiger partial charge in [-0.25, -0.2) is 0 Å². The van der Waals surface area contributed by atoms with Crippen molar-refractivity contribution < 1.29 is 9.21 Å². The molecule has 0 saturated heterocycles. The third-order valence-electron chi connectivity index (χ3n) is 2.61. The van der Waals surface area contributed by atoms with Gasteiger partial charge in [-0.3, -0.25) is 9.78 Å². The van der Waals surface area contributed by atoms with E-state index in [4.69, 9.17) is 4.42 Å². The first kappa shape index (κ1) is 12.4. The molecule has 0 bridgehead atoms. The topological polar surface area (TPSA) is 55.1 Å². The Morgan fingerprint density at radius 2 is 2.28 bits per heavy atom. The lowest BCUT2D eigenvalue weighted by atomic mass is 10.2. The molecule has 0 unspecified atom stereocenters. The molecule has 0 aliphatic heterocycles. The fourth-order valence-electron chi connectivity index (χ4n) is 1.63. The van der Waals surface area contributed by atoms with Crippen LogP contribution < -0.4 is 5.32 Å². The van der Waals surface area contributed by atoms with Crippen molar-refractivity contribution >= 4 is 5.91 Å². The summed E-state index contributed by atoms with van der Waals surface area (Å²) < 4.78 is 5.01. The fourth-order valence-corrected chi connectivity index (χ4v) is 1.63. The summed E-state index contributed by atoms with van der Waals surface area (Å²) in [5.74, 6) is 0.0800. The third kappa shape index (κ3) is 3.20. The Bertz CT molecular complexity index is 489. The molecule has 1 amide bonds. The maximum absolute atomic E-state index is 11.3. The van der Waals surface area contributed by atoms with Gasteiger partial charge in [0.15, 0.2) is 0 Å². The summed E-state index contributed by atoms with van der Waals surface area (Å²) in [4.78, 5) is 15.7. The molecule has 0 aliphatic carbocycles. The Balaban J connectivity index is 1.94. The van der Waals surface area contributed by atoms with Crippen molar-refractivity contribution in [2.45, 2.75) is 26.3 Å². The molecule has 0 saturated carbocycles. The van der Waals surface area contributed by atoms with E-state index in [2.05, 4.69) is 10.3 Å². The number of nitrogens with one attached hydrogen (secondary N) is 1. The van der Waals surface area contributed by atoms with E-state index in [1.807, 2.05) is 25.1 Å². The highest BCUT2D eigenvalue weighted by Crippen LogP contribution is 2.16. The summed E-state index contributed by atoms with van der Waals surface area (Å²) in [5.41, 5.74) is 2.82. The molecule has 18 heavy (non-hydrogen) atoms. The van der Waals surface area contributed by atoms with E-state index in [0.29, 0.717) is 13.0 Å². The Kier molecular flexibility index (Phi) is 4.12. The number of carbonyl (C=O) groups excluding carboxylic acids is 1. The molecule has 2 aromatic heterocycles. The average molecular weight is 244 g/mol. The van der Waals surface area contributed by atoms with Crippen molar-refractivity contribution in [3.8, 4) is 11.3 Å². The van der Waals surface area contributed by atoms with Gasteiger partial charge < -0.3 is 9.73 Å². The van der Waals surface area contributed by atoms with Crippen LogP contribution in [0, 0.1) is 0 Å². The smallest absolute Gasteiger partial charge is 0.220 e. The van der Waals surface area contributed by atoms with Crippen LogP contribution in [0.1, 0.15) is 25.3 Å². The van der Waals surface area contributed by atoms with Crippen molar-refractivity contribution in [2.75, 3.05) is 0 Å². The first-order chi connectivity index (χ1) is 8.79. The van der Waals surface area contributed by atoms with Crippen LogP contribution >= 0.6 is 0 Å². The first-order valence-electron chi connectivity index (χ1n) is 6.04. The van der Waals surface area contributed by atoms with Crippen molar-refractivity contribution in [2.24, 2.45) is 0 Å². The van der Waals surface area contributed by atoms with Crippen LogP contribution in [0.3, 0.4) is 0 Å². The van der Waals surface area contributed by atoms with Gasteiger partial charge in [0, 0.05) is 24.7 Å². The molecule has 2 heterocycles. The zero-order valence-electron chi connectivity index (χ0n) is 10.3. The van der Waals surface area contributed by atoms with Crippen LogP contribution in [0.5, 0.6) is 0 Å². The van der Waals surface area contributed by atoms with Gasteiger partial charge in [-0.1, -0.05) is 13.0 Å². The Labute approximate surface area is 106 Å². The molecule has 2 rings (SSSR count). The number of hydrogen-bond acceptors (Lipinski definition) is 3. The second-order valence-electron chi connectivity index (χ2n) is 4.09. The SMILES string of the molecule is CCCC(=O)NCc1ccc(-c2ccoc2)nc1. The van der Waals surface area contributed by atoms with Crippen molar-refractivity contribution in [1.82, 2.24) is 10.3 Å². The Hall–Kier alpha value is -2.10. The fraction of sp³-hybridized carbons (Fsp3) is 0.286. The van der Waals surface area contributed by atoms with Crippen LogP contribution in [0.2, 0.25) is 0 Å². The zero-order valence-corrected chi connectivity index (χ0v) is 10.3. The highest BCUT2D eigenvalue weighted by Gasteiger charge is 2.02. The molecule has 0 spiro atoms. The van der Waals surface area contributed by atoms with E-state index in [1.54, 1.807) is 18.7 Å². The van der Waals surface area contributed by atoms with Gasteiger partial charge in [0.25, 0.3) is 0 Å². The monoisotopic (exact) mass is 244 g/mol. The molecule has 1 N–H and O–H groups in total. The van der Waals surface area contributed by atoms with E-state index in [9.17, 15) is 4.79 Å². The Morgan fingerprint density at radius 1 is 1.39 bits per heavy atom. The molecule has 94 valence electrons. The molecular weight excluding hydrogens is 228 g/mol. The van der Waals surface area contributed by atoms with Crippen molar-refractivity contribution in [1.29, 1.82) is 0 Å². The number of aromatic nitrogens is 1. The minimum Gasteiger partial charge on any atom is -0.472 e. The minimum atomic E-state index is 0.0800. The molecule has 0 atom stereocenters. The van der Waals surface area contributed by atoms with Gasteiger partial charge in [-0.2, -0.15) is 0 Å². The molecule has 0 radical (unpaired) electrons. The summed E-state index contributed by atoms with van der Waals surface area (Å²) in [6, 6.07) is 5.75. The standard InChI is InChI=1S/C14H16N2O2/c1-2-3-14(17)16-9-11-4-5-13(15-8-11)12-6-7-18-10-12/h4-8,10H,2-3,9H2,1H3,(H,16,17). The van der Waals surface area contributed by atoms with Gasteiger partial charge in [0.05, 0.1) is 18.2 Å². The quantitative estimate of drug-likeness (QED) is 0.879. The number of pyridine rings is 1. The minimum absolute atomic E-state index is 0.0800. The van der Waals surface area contributed by atoms with Gasteiger partial charge >= 0.3 is 0 Å². The second kappa shape index (κ2) is 6.00. The molecule has 2 aromatic rings. The summed E-state index contributed by atoms with van der Waals surface area (Å²) in [5, 5.41) is 2.86. The molecular formula is C14H16N2O2. The number of carbonyl (C=O) groups is 1. The first-order valence-corrected chi connectivity index (χ1v) is 6.04. The number of furan rings is 1. The van der Waals surface area contributed by atoms with Crippen molar-refractivity contribution in [3.63, 3.8) is 0 Å². The normalized spacial score (nSPS) is 10.3. The maximum Gasteiger partial charge on any atom is 0.220 e. The van der Waals surface area contributed by atoms with Crippen molar-refractivity contribution in [3.05, 3.63) is 42.5 Å². The van der Waals surface area contributed by atoms with E-state index in [-0.39, 0.29) is 5.91 Å². The number of hydrogen-bond donors (Lipinski definition) is 1. The van der Waals surface area contributed by atoms with Crippen LogP contribution in [-0.4, -0.2) is 10.9 Å². The highest BCUT2D eigenvalue weighted by atomic mass is 16.3. The largest absolute Gasteiger partial charge is 0.472 e. The predicted octanol–water partition coefficient (Wildman–Crippen LogP) is 2.76. The molecule has 4 heteroatoms. The lowest BCUT2D eigenvalue weighted by Gasteiger charge is -2.04. The highest BCUT2D eigenvalue weighted by molar-refractivity contribution is 5.75. The van der Waals surface area contributed by atoms with Crippen LogP contribution in [0.25, 0.3) is 11.3 Å². The molecule has 0 fully saturated rings. The van der Waals surface area contributed by atoms with E-state index in [0.717, 1.165) is 23.2 Å². The van der Waals surface area contributed by atoms with Gasteiger partial charge in [0.2, 0.25) is 5.91 Å². The Morgan fingerprint density at radius 3 is 2.89 bits per heavy atom. The number of amides is 1. The van der Waals surface area contributed by atoms with E-state index < -0.39 is 0 Å². The second-order valence-corrected chi connectivity index (χ2v) is 4.09. The number of rotatable bonds is 5. The van der Waals surface area contributed by atoms with Crippen LogP contribution in [0.15, 0.2) is 41.3 Å². The average Bonchev–Trinajstić information content (AvgIpc) is 2.91. The summed E-state index contributed by atoms with van der Waals surface area (Å²) in [6.45, 7) is 2.51. The molecule has 0 aliphatic rings. The lowest BCUT2D eigenvalue weighted by Crippen LogP contribution is -2.22. The van der Waals surface area contributed by atoms with Gasteiger partial charge in [-0.15, -0.1) is 0 Å².